The maximum atomic E-state index is 13.3. The molecule has 0 aliphatic carbocycles. The van der Waals surface area contributed by atoms with Crippen molar-refractivity contribution in [2.75, 3.05) is 30.6 Å². The largest absolute Gasteiger partial charge is 0.480 e. The van der Waals surface area contributed by atoms with Gasteiger partial charge >= 0.3 is 5.97 Å². The number of nitrogens with two attached hydrogens (primary N) is 3. The predicted octanol–water partition coefficient (Wildman–Crippen LogP) is -1.62. The molecule has 1 heterocycles. The van der Waals surface area contributed by atoms with E-state index in [2.05, 4.69) is 30.9 Å². The number of thioether (sulfide) groups is 2. The number of nitrogens with zero attached hydrogens (tertiary/aromatic N) is 2. The highest BCUT2D eigenvalue weighted by molar-refractivity contribution is 7.98. The number of imidazole rings is 1. The number of carbonyl (C=O) groups is 4. The summed E-state index contributed by atoms with van der Waals surface area (Å²) >= 11 is 2.99. The Morgan fingerprint density at radius 3 is 2.16 bits per heavy atom. The van der Waals surface area contributed by atoms with E-state index < -0.39 is 47.9 Å². The van der Waals surface area contributed by atoms with Gasteiger partial charge in [0.25, 0.3) is 0 Å². The Balaban J connectivity index is 3.06. The van der Waals surface area contributed by atoms with Crippen LogP contribution in [-0.2, 0) is 25.6 Å². The summed E-state index contributed by atoms with van der Waals surface area (Å²) in [7, 11) is 0. The van der Waals surface area contributed by atoms with Crippen molar-refractivity contribution >= 4 is 53.2 Å². The number of aliphatic carboxylic acids is 1. The number of carbonyl (C=O) groups excluding carboxylic acids is 3. The van der Waals surface area contributed by atoms with E-state index in [0.717, 1.165) is 0 Å². The summed E-state index contributed by atoms with van der Waals surface area (Å²) in [5.74, 6) is -1.91. The summed E-state index contributed by atoms with van der Waals surface area (Å²) in [5.41, 5.74) is 17.3. The molecule has 214 valence electrons. The molecule has 3 amide bonds. The van der Waals surface area contributed by atoms with Crippen LogP contribution >= 0.6 is 23.5 Å². The third-order valence-corrected chi connectivity index (χ3v) is 6.67. The molecular formula is C22H39N9O5S2. The molecule has 1 aromatic heterocycles. The first-order chi connectivity index (χ1) is 18.1. The topological polar surface area (TPSA) is 244 Å². The van der Waals surface area contributed by atoms with Crippen LogP contribution in [0, 0.1) is 0 Å². The van der Waals surface area contributed by atoms with Gasteiger partial charge in [0.05, 0.1) is 12.4 Å². The lowest BCUT2D eigenvalue weighted by atomic mass is 10.1. The highest BCUT2D eigenvalue weighted by Gasteiger charge is 2.30. The summed E-state index contributed by atoms with van der Waals surface area (Å²) in [5, 5.41) is 17.3. The van der Waals surface area contributed by atoms with Crippen LogP contribution in [0.3, 0.4) is 0 Å². The van der Waals surface area contributed by atoms with E-state index in [1.807, 2.05) is 12.5 Å². The maximum Gasteiger partial charge on any atom is 0.326 e. The highest BCUT2D eigenvalue weighted by Crippen LogP contribution is 2.07. The van der Waals surface area contributed by atoms with Crippen molar-refractivity contribution in [3.8, 4) is 0 Å². The molecule has 0 saturated carbocycles. The summed E-state index contributed by atoms with van der Waals surface area (Å²) < 4.78 is 0. The Kier molecular flexibility index (Phi) is 15.9. The van der Waals surface area contributed by atoms with Gasteiger partial charge in [-0.2, -0.15) is 23.5 Å². The molecule has 4 unspecified atom stereocenters. The van der Waals surface area contributed by atoms with Gasteiger partial charge in [-0.1, -0.05) is 0 Å². The zero-order chi connectivity index (χ0) is 28.5. The van der Waals surface area contributed by atoms with E-state index >= 15 is 0 Å². The van der Waals surface area contributed by atoms with E-state index in [4.69, 9.17) is 17.2 Å². The SMILES string of the molecule is CSCCC(N)C(=O)NC(Cc1cnc[nH]1)C(=O)NC(CCCN=C(N)N)C(=O)NC(CCSC)C(=O)O. The number of hydrogen-bond donors (Lipinski definition) is 8. The zero-order valence-electron chi connectivity index (χ0n) is 21.6. The van der Waals surface area contributed by atoms with Gasteiger partial charge in [-0.25, -0.2) is 9.78 Å². The van der Waals surface area contributed by atoms with Gasteiger partial charge in [0, 0.05) is 24.9 Å². The Labute approximate surface area is 230 Å². The van der Waals surface area contributed by atoms with Gasteiger partial charge in [-0.05, 0) is 49.7 Å². The fourth-order valence-electron chi connectivity index (χ4n) is 3.29. The number of aromatic amines is 1. The molecule has 0 saturated heterocycles. The molecule has 0 fully saturated rings. The number of rotatable bonds is 19. The number of amides is 3. The van der Waals surface area contributed by atoms with Crippen LogP contribution in [-0.4, -0.2) is 99.5 Å². The lowest BCUT2D eigenvalue weighted by Gasteiger charge is -2.25. The standard InChI is InChI=1S/C22H39N9O5S2/c1-37-8-5-14(23)18(32)31-17(10-13-11-26-12-28-13)20(34)29-15(4-3-7-27-22(24)25)19(33)30-16(21(35)36)6-9-38-2/h11-12,14-17H,3-10,23H2,1-2H3,(H,26,28)(H,29,34)(H,30,33)(H,31,32)(H,35,36)(H4,24,25,27). The smallest absolute Gasteiger partial charge is 0.326 e. The molecule has 0 aliphatic rings. The minimum Gasteiger partial charge on any atom is -0.480 e. The lowest BCUT2D eigenvalue weighted by Crippen LogP contribution is -2.57. The van der Waals surface area contributed by atoms with Gasteiger partial charge in [-0.15, -0.1) is 0 Å². The first kappa shape index (κ1) is 33.0. The molecule has 4 atom stereocenters. The molecule has 16 heteroatoms. The molecular weight excluding hydrogens is 534 g/mol. The van der Waals surface area contributed by atoms with Crippen molar-refractivity contribution in [2.24, 2.45) is 22.2 Å². The summed E-state index contributed by atoms with van der Waals surface area (Å²) in [6, 6.07) is -4.10. The van der Waals surface area contributed by atoms with E-state index in [-0.39, 0.29) is 31.8 Å². The monoisotopic (exact) mass is 573 g/mol. The van der Waals surface area contributed by atoms with Gasteiger partial charge < -0.3 is 43.2 Å². The van der Waals surface area contributed by atoms with Gasteiger partial charge in [-0.3, -0.25) is 19.4 Å². The van der Waals surface area contributed by atoms with Crippen LogP contribution in [0.1, 0.15) is 31.4 Å². The van der Waals surface area contributed by atoms with Crippen LogP contribution < -0.4 is 33.2 Å². The first-order valence-corrected chi connectivity index (χ1v) is 14.8. The van der Waals surface area contributed by atoms with Crippen LogP contribution in [0.2, 0.25) is 0 Å². The molecule has 0 aliphatic heterocycles. The average molecular weight is 574 g/mol. The molecule has 38 heavy (non-hydrogen) atoms. The number of hydrogen-bond acceptors (Lipinski definition) is 9. The number of aliphatic imine (C=N–C) groups is 1. The second-order valence-electron chi connectivity index (χ2n) is 8.42. The Bertz CT molecular complexity index is 913. The molecule has 1 rings (SSSR count). The van der Waals surface area contributed by atoms with Gasteiger partial charge in [0.15, 0.2) is 5.96 Å². The van der Waals surface area contributed by atoms with E-state index in [1.165, 1.54) is 24.3 Å². The predicted molar refractivity (Wildman–Crippen MR) is 150 cm³/mol. The third-order valence-electron chi connectivity index (χ3n) is 5.39. The maximum absolute atomic E-state index is 13.3. The minimum absolute atomic E-state index is 0.0701. The van der Waals surface area contributed by atoms with Gasteiger partial charge in [0.1, 0.15) is 18.1 Å². The Hall–Kier alpha value is -2.98. The van der Waals surface area contributed by atoms with Crippen LogP contribution in [0.15, 0.2) is 17.5 Å². The van der Waals surface area contributed by atoms with Crippen molar-refractivity contribution in [2.45, 2.75) is 56.3 Å². The van der Waals surface area contributed by atoms with Crippen molar-refractivity contribution in [1.82, 2.24) is 25.9 Å². The summed E-state index contributed by atoms with van der Waals surface area (Å²) in [4.78, 5) is 61.4. The number of H-pyrrole nitrogens is 1. The lowest BCUT2D eigenvalue weighted by molar-refractivity contribution is -0.142. The van der Waals surface area contributed by atoms with Crippen molar-refractivity contribution < 1.29 is 24.3 Å². The number of nitrogens with one attached hydrogen (secondary N) is 4. The number of carboxylic acid groups (broad SMARTS) is 1. The quantitative estimate of drug-likeness (QED) is 0.0531. The highest BCUT2D eigenvalue weighted by atomic mass is 32.2. The third kappa shape index (κ3) is 13.0. The Morgan fingerprint density at radius 1 is 0.974 bits per heavy atom. The average Bonchev–Trinajstić information content (AvgIpc) is 3.38. The molecule has 0 bridgehead atoms. The van der Waals surface area contributed by atoms with Crippen molar-refractivity contribution in [3.05, 3.63) is 18.2 Å². The Morgan fingerprint density at radius 2 is 1.58 bits per heavy atom. The van der Waals surface area contributed by atoms with Crippen LogP contribution in [0.25, 0.3) is 0 Å². The number of guanidine groups is 1. The molecule has 0 spiro atoms. The zero-order valence-corrected chi connectivity index (χ0v) is 23.3. The minimum atomic E-state index is -1.18. The fourth-order valence-corrected chi connectivity index (χ4v) is 4.25. The molecule has 0 radical (unpaired) electrons. The summed E-state index contributed by atoms with van der Waals surface area (Å²) in [6.45, 7) is 0.204. The van der Waals surface area contributed by atoms with E-state index in [9.17, 15) is 24.3 Å². The number of aromatic nitrogens is 2. The first-order valence-electron chi connectivity index (χ1n) is 12.0. The second-order valence-corrected chi connectivity index (χ2v) is 10.4. The number of carboxylic acids is 1. The summed E-state index contributed by atoms with van der Waals surface area (Å²) in [6.07, 6.45) is 7.84. The molecule has 0 aromatic carbocycles. The molecule has 14 nitrogen and oxygen atoms in total. The van der Waals surface area contributed by atoms with Crippen LogP contribution in [0.5, 0.6) is 0 Å². The fraction of sp³-hybridized carbons (Fsp3) is 0.636. The normalized spacial score (nSPS) is 14.0. The van der Waals surface area contributed by atoms with Crippen molar-refractivity contribution in [1.29, 1.82) is 0 Å². The van der Waals surface area contributed by atoms with Crippen molar-refractivity contribution in [3.63, 3.8) is 0 Å². The van der Waals surface area contributed by atoms with Crippen LogP contribution in [0.4, 0.5) is 0 Å². The second kappa shape index (κ2) is 18.3. The van der Waals surface area contributed by atoms with E-state index in [1.54, 1.807) is 11.8 Å². The molecule has 1 aromatic rings. The van der Waals surface area contributed by atoms with Gasteiger partial charge in [0.2, 0.25) is 17.7 Å². The van der Waals surface area contributed by atoms with E-state index in [0.29, 0.717) is 30.0 Å². The molecule has 11 N–H and O–H groups in total.